The van der Waals surface area contributed by atoms with Gasteiger partial charge < -0.3 is 15.3 Å². The van der Waals surface area contributed by atoms with Crippen molar-refractivity contribution in [2.45, 2.75) is 25.9 Å². The predicted molar refractivity (Wildman–Crippen MR) is 63.4 cm³/mol. The number of aliphatic hydroxyl groups is 1. The van der Waals surface area contributed by atoms with Crippen molar-refractivity contribution in [2.24, 2.45) is 0 Å². The Labute approximate surface area is 108 Å². The Balaban J connectivity index is 2.72. The van der Waals surface area contributed by atoms with Crippen LogP contribution in [0, 0.1) is 6.92 Å². The first-order chi connectivity index (χ1) is 8.70. The molecule has 1 aliphatic rings. The van der Waals surface area contributed by atoms with Crippen molar-refractivity contribution < 1.29 is 29.7 Å². The molecule has 0 radical (unpaired) electrons. The molecular formula is C13H12O6. The molecule has 2 rings (SSSR count). The smallest absolute Gasteiger partial charge is 0.207 e. The third kappa shape index (κ3) is 1.64. The number of phenolic OH excluding ortho intramolecular Hbond substituents is 2. The summed E-state index contributed by atoms with van der Waals surface area (Å²) in [6.07, 6.45) is -0.683. The lowest BCUT2D eigenvalue weighted by molar-refractivity contribution is -0.119. The molecule has 6 nitrogen and oxygen atoms in total. The van der Waals surface area contributed by atoms with Gasteiger partial charge in [-0.2, -0.15) is 0 Å². The van der Waals surface area contributed by atoms with Crippen LogP contribution in [0.1, 0.15) is 39.6 Å². The molecule has 0 heterocycles. The molecule has 0 bridgehead atoms. The Morgan fingerprint density at radius 1 is 1.21 bits per heavy atom. The van der Waals surface area contributed by atoms with Gasteiger partial charge in [-0.05, 0) is 25.5 Å². The second-order valence-electron chi connectivity index (χ2n) is 4.71. The number of carbonyl (C=O) groups is 3. The minimum Gasteiger partial charge on any atom is -0.507 e. The van der Waals surface area contributed by atoms with Gasteiger partial charge in [0, 0.05) is 6.42 Å². The number of aromatic hydroxyl groups is 2. The molecule has 1 aromatic carbocycles. The van der Waals surface area contributed by atoms with Crippen LogP contribution in [0.15, 0.2) is 6.07 Å². The number of fused-ring (bicyclic) bond motifs is 1. The summed E-state index contributed by atoms with van der Waals surface area (Å²) >= 11 is 0. The highest BCUT2D eigenvalue weighted by molar-refractivity contribution is 6.34. The van der Waals surface area contributed by atoms with Crippen molar-refractivity contribution in [3.63, 3.8) is 0 Å². The number of hydrogen-bond acceptors (Lipinski definition) is 6. The van der Waals surface area contributed by atoms with Crippen LogP contribution in [0.25, 0.3) is 0 Å². The van der Waals surface area contributed by atoms with Gasteiger partial charge in [-0.3, -0.25) is 14.4 Å². The zero-order chi connectivity index (χ0) is 14.5. The predicted octanol–water partition coefficient (Wildman–Crippen LogP) is 0.495. The third-order valence-electron chi connectivity index (χ3n) is 3.18. The standard InChI is InChI=1S/C13H12O6/c1-5-3-7(15)8-9(10(5)16)12(18)13(19,11(8)17)4-6(2)14/h3,15-16,19H,4H2,1-2H3. The normalized spacial score (nSPS) is 21.6. The summed E-state index contributed by atoms with van der Waals surface area (Å²) in [4.78, 5) is 35.2. The number of Topliss-reactive ketones (excluding diaryl/α,β-unsaturated/α-hetero) is 3. The summed E-state index contributed by atoms with van der Waals surface area (Å²) in [6, 6.07) is 1.12. The van der Waals surface area contributed by atoms with Crippen molar-refractivity contribution in [2.75, 3.05) is 0 Å². The van der Waals surface area contributed by atoms with E-state index in [1.165, 1.54) is 6.92 Å². The zero-order valence-electron chi connectivity index (χ0n) is 10.4. The summed E-state index contributed by atoms with van der Waals surface area (Å²) in [6.45, 7) is 2.57. The van der Waals surface area contributed by atoms with E-state index in [9.17, 15) is 29.7 Å². The van der Waals surface area contributed by atoms with Crippen LogP contribution in [0.4, 0.5) is 0 Å². The lowest BCUT2D eigenvalue weighted by Gasteiger charge is -2.16. The number of aryl methyl sites for hydroxylation is 1. The molecule has 1 aromatic rings. The van der Waals surface area contributed by atoms with Gasteiger partial charge in [0.25, 0.3) is 0 Å². The monoisotopic (exact) mass is 264 g/mol. The van der Waals surface area contributed by atoms with Gasteiger partial charge in [0.1, 0.15) is 17.3 Å². The number of benzene rings is 1. The van der Waals surface area contributed by atoms with E-state index in [4.69, 9.17) is 0 Å². The fourth-order valence-electron chi connectivity index (χ4n) is 2.28. The van der Waals surface area contributed by atoms with Gasteiger partial charge in [-0.15, -0.1) is 0 Å². The van der Waals surface area contributed by atoms with Gasteiger partial charge in [-0.1, -0.05) is 0 Å². The molecule has 0 fully saturated rings. The fraction of sp³-hybridized carbons (Fsp3) is 0.308. The molecule has 6 heteroatoms. The number of carbonyl (C=O) groups excluding carboxylic acids is 3. The van der Waals surface area contributed by atoms with Crippen molar-refractivity contribution in [1.82, 2.24) is 0 Å². The van der Waals surface area contributed by atoms with E-state index >= 15 is 0 Å². The van der Waals surface area contributed by atoms with E-state index in [0.29, 0.717) is 0 Å². The SMILES string of the molecule is CC(=O)CC1(O)C(=O)c2c(O)cc(C)c(O)c2C1=O. The molecule has 0 aromatic heterocycles. The maximum atomic E-state index is 12.1. The Kier molecular flexibility index (Phi) is 2.71. The van der Waals surface area contributed by atoms with Crippen LogP contribution < -0.4 is 0 Å². The Morgan fingerprint density at radius 2 is 1.74 bits per heavy atom. The van der Waals surface area contributed by atoms with E-state index in [2.05, 4.69) is 0 Å². The number of ketones is 3. The summed E-state index contributed by atoms with van der Waals surface area (Å²) in [5, 5.41) is 29.6. The van der Waals surface area contributed by atoms with Crippen LogP contribution >= 0.6 is 0 Å². The summed E-state index contributed by atoms with van der Waals surface area (Å²) in [5.41, 5.74) is -3.19. The molecule has 0 spiro atoms. The average molecular weight is 264 g/mol. The number of hydrogen-bond donors (Lipinski definition) is 3. The van der Waals surface area contributed by atoms with Crippen molar-refractivity contribution >= 4 is 17.3 Å². The molecule has 100 valence electrons. The van der Waals surface area contributed by atoms with Gasteiger partial charge in [0.2, 0.25) is 11.6 Å². The summed E-state index contributed by atoms with van der Waals surface area (Å²) in [5.74, 6) is -3.63. The lowest BCUT2D eigenvalue weighted by Crippen LogP contribution is -2.42. The summed E-state index contributed by atoms with van der Waals surface area (Å²) < 4.78 is 0. The first-order valence-corrected chi connectivity index (χ1v) is 5.57. The topological polar surface area (TPSA) is 112 Å². The van der Waals surface area contributed by atoms with Crippen molar-refractivity contribution in [1.29, 1.82) is 0 Å². The van der Waals surface area contributed by atoms with Gasteiger partial charge >= 0.3 is 0 Å². The maximum absolute atomic E-state index is 12.1. The quantitative estimate of drug-likeness (QED) is 0.529. The molecule has 0 saturated heterocycles. The van der Waals surface area contributed by atoms with Gasteiger partial charge in [-0.25, -0.2) is 0 Å². The van der Waals surface area contributed by atoms with Crippen LogP contribution in [0.3, 0.4) is 0 Å². The van der Waals surface area contributed by atoms with Crippen molar-refractivity contribution in [3.05, 3.63) is 22.8 Å². The lowest BCUT2D eigenvalue weighted by atomic mass is 9.92. The average Bonchev–Trinajstić information content (AvgIpc) is 2.48. The highest BCUT2D eigenvalue weighted by Crippen LogP contribution is 2.43. The molecule has 1 unspecified atom stereocenters. The molecule has 3 N–H and O–H groups in total. The molecule has 19 heavy (non-hydrogen) atoms. The van der Waals surface area contributed by atoms with Gasteiger partial charge in [0.15, 0.2) is 5.60 Å². The summed E-state index contributed by atoms with van der Waals surface area (Å²) in [7, 11) is 0. The molecule has 0 saturated carbocycles. The Morgan fingerprint density at radius 3 is 2.26 bits per heavy atom. The molecule has 1 atom stereocenters. The minimum absolute atomic E-state index is 0.199. The highest BCUT2D eigenvalue weighted by atomic mass is 16.3. The van der Waals surface area contributed by atoms with Gasteiger partial charge in [0.05, 0.1) is 11.1 Å². The van der Waals surface area contributed by atoms with Crippen LogP contribution in [-0.2, 0) is 4.79 Å². The van der Waals surface area contributed by atoms with Crippen LogP contribution in [-0.4, -0.2) is 38.3 Å². The zero-order valence-corrected chi connectivity index (χ0v) is 10.4. The Hall–Kier alpha value is -2.21. The van der Waals surface area contributed by atoms with Crippen LogP contribution in [0.2, 0.25) is 0 Å². The minimum atomic E-state index is -2.53. The molecule has 1 aliphatic carbocycles. The highest BCUT2D eigenvalue weighted by Gasteiger charge is 2.55. The van der Waals surface area contributed by atoms with E-state index in [1.54, 1.807) is 0 Å². The molecule has 0 amide bonds. The largest absolute Gasteiger partial charge is 0.507 e. The number of phenols is 2. The number of rotatable bonds is 2. The molecular weight excluding hydrogens is 252 g/mol. The van der Waals surface area contributed by atoms with E-state index in [0.717, 1.165) is 13.0 Å². The van der Waals surface area contributed by atoms with Crippen molar-refractivity contribution in [3.8, 4) is 11.5 Å². The maximum Gasteiger partial charge on any atom is 0.207 e. The fourth-order valence-corrected chi connectivity index (χ4v) is 2.28. The Bertz CT molecular complexity index is 631. The second kappa shape index (κ2) is 3.89. The first-order valence-electron chi connectivity index (χ1n) is 5.57. The third-order valence-corrected chi connectivity index (χ3v) is 3.18. The van der Waals surface area contributed by atoms with E-state index in [1.807, 2.05) is 0 Å². The van der Waals surface area contributed by atoms with Crippen LogP contribution in [0.5, 0.6) is 11.5 Å². The molecule has 0 aliphatic heterocycles. The van der Waals surface area contributed by atoms with E-state index < -0.39 is 52.0 Å². The second-order valence-corrected chi connectivity index (χ2v) is 4.71. The van der Waals surface area contributed by atoms with E-state index in [-0.39, 0.29) is 5.56 Å². The first kappa shape index (κ1) is 13.2.